The van der Waals surface area contributed by atoms with Crippen LogP contribution in [-0.4, -0.2) is 24.0 Å². The maximum Gasteiger partial charge on any atom is 0.265 e. The van der Waals surface area contributed by atoms with Crippen molar-refractivity contribution in [3.63, 3.8) is 0 Å². The van der Waals surface area contributed by atoms with Gasteiger partial charge in [-0.3, -0.25) is 9.59 Å². The third-order valence-corrected chi connectivity index (χ3v) is 3.56. The van der Waals surface area contributed by atoms with Crippen LogP contribution in [0.5, 0.6) is 5.75 Å². The molecular formula is C19H21ClN2O3. The first-order valence-electron chi connectivity index (χ1n) is 8.00. The summed E-state index contributed by atoms with van der Waals surface area (Å²) in [5, 5.41) is 6.08. The number of para-hydroxylation sites is 1. The van der Waals surface area contributed by atoms with Gasteiger partial charge in [0.25, 0.3) is 11.8 Å². The van der Waals surface area contributed by atoms with E-state index in [0.29, 0.717) is 22.0 Å². The molecule has 0 aliphatic rings. The maximum absolute atomic E-state index is 12.4. The van der Waals surface area contributed by atoms with Gasteiger partial charge in [-0.1, -0.05) is 29.8 Å². The summed E-state index contributed by atoms with van der Waals surface area (Å²) in [6, 6.07) is 13.7. The molecule has 0 aliphatic carbocycles. The smallest absolute Gasteiger partial charge is 0.265 e. The first-order valence-corrected chi connectivity index (χ1v) is 8.37. The Kier molecular flexibility index (Phi) is 6.42. The van der Waals surface area contributed by atoms with E-state index in [1.165, 1.54) is 0 Å². The second-order valence-electron chi connectivity index (χ2n) is 5.88. The Morgan fingerprint density at radius 3 is 2.44 bits per heavy atom. The Hall–Kier alpha value is -2.53. The van der Waals surface area contributed by atoms with Crippen LogP contribution in [0.1, 0.15) is 31.1 Å². The molecule has 5 nitrogen and oxygen atoms in total. The number of rotatable bonds is 6. The van der Waals surface area contributed by atoms with Crippen LogP contribution in [0.4, 0.5) is 5.69 Å². The summed E-state index contributed by atoms with van der Waals surface area (Å²) in [6.45, 7) is 5.38. The van der Waals surface area contributed by atoms with E-state index in [-0.39, 0.29) is 17.9 Å². The first-order chi connectivity index (χ1) is 11.9. The monoisotopic (exact) mass is 360 g/mol. The Morgan fingerprint density at radius 2 is 1.76 bits per heavy atom. The Labute approximate surface area is 152 Å². The van der Waals surface area contributed by atoms with Gasteiger partial charge in [-0.25, -0.2) is 0 Å². The summed E-state index contributed by atoms with van der Waals surface area (Å²) < 4.78 is 5.60. The van der Waals surface area contributed by atoms with Gasteiger partial charge in [0.15, 0.2) is 6.10 Å². The highest BCUT2D eigenvalue weighted by Crippen LogP contribution is 2.20. The number of amides is 2. The molecule has 2 N–H and O–H groups in total. The standard InChI is InChI=1S/C19H21ClN2O3/c1-12(2)21-19(24)16-9-4-5-10-17(16)22-18(23)13(3)25-15-8-6-7-14(20)11-15/h4-13H,1-3H3,(H,21,24)(H,22,23)/t13-/m1/s1. The van der Waals surface area contributed by atoms with Crippen LogP contribution in [0.2, 0.25) is 5.02 Å². The lowest BCUT2D eigenvalue weighted by molar-refractivity contribution is -0.122. The normalized spacial score (nSPS) is 11.7. The van der Waals surface area contributed by atoms with Crippen LogP contribution in [0.15, 0.2) is 48.5 Å². The lowest BCUT2D eigenvalue weighted by Gasteiger charge is -2.17. The molecule has 2 aromatic carbocycles. The van der Waals surface area contributed by atoms with Gasteiger partial charge in [0.1, 0.15) is 5.75 Å². The molecule has 6 heteroatoms. The van der Waals surface area contributed by atoms with E-state index >= 15 is 0 Å². The molecule has 2 amide bonds. The van der Waals surface area contributed by atoms with E-state index in [2.05, 4.69) is 10.6 Å². The lowest BCUT2D eigenvalue weighted by Crippen LogP contribution is -2.33. The lowest BCUT2D eigenvalue weighted by atomic mass is 10.1. The van der Waals surface area contributed by atoms with Gasteiger partial charge in [-0.2, -0.15) is 0 Å². The van der Waals surface area contributed by atoms with Crippen molar-refractivity contribution in [1.82, 2.24) is 5.32 Å². The number of hydrogen-bond acceptors (Lipinski definition) is 3. The molecule has 1 atom stereocenters. The van der Waals surface area contributed by atoms with Crippen molar-refractivity contribution in [2.24, 2.45) is 0 Å². The predicted octanol–water partition coefficient (Wildman–Crippen LogP) is 3.88. The second-order valence-corrected chi connectivity index (χ2v) is 6.32. The Morgan fingerprint density at radius 1 is 1.04 bits per heavy atom. The van der Waals surface area contributed by atoms with Gasteiger partial charge >= 0.3 is 0 Å². The van der Waals surface area contributed by atoms with Gasteiger partial charge in [0, 0.05) is 11.1 Å². The minimum absolute atomic E-state index is 0.00124. The van der Waals surface area contributed by atoms with Crippen LogP contribution in [0.25, 0.3) is 0 Å². The summed E-state index contributed by atoms with van der Waals surface area (Å²) in [4.78, 5) is 24.6. The molecule has 0 unspecified atom stereocenters. The Balaban J connectivity index is 2.08. The van der Waals surface area contributed by atoms with Crippen molar-refractivity contribution in [2.75, 3.05) is 5.32 Å². The molecule has 132 valence electrons. The SMILES string of the molecule is CC(C)NC(=O)c1ccccc1NC(=O)[C@@H](C)Oc1cccc(Cl)c1. The van der Waals surface area contributed by atoms with E-state index in [0.717, 1.165) is 0 Å². The molecule has 0 aliphatic heterocycles. The number of anilines is 1. The van der Waals surface area contributed by atoms with E-state index in [1.54, 1.807) is 55.5 Å². The molecule has 0 saturated heterocycles. The molecule has 0 aromatic heterocycles. The van der Waals surface area contributed by atoms with Crippen LogP contribution in [-0.2, 0) is 4.79 Å². The van der Waals surface area contributed by atoms with Gasteiger partial charge in [0.2, 0.25) is 0 Å². The zero-order valence-corrected chi connectivity index (χ0v) is 15.1. The van der Waals surface area contributed by atoms with Crippen molar-refractivity contribution in [1.29, 1.82) is 0 Å². The quantitative estimate of drug-likeness (QED) is 0.821. The first kappa shape index (κ1) is 18.8. The summed E-state index contributed by atoms with van der Waals surface area (Å²) in [7, 11) is 0. The number of hydrogen-bond donors (Lipinski definition) is 2. The summed E-state index contributed by atoms with van der Waals surface area (Å²) in [6.07, 6.45) is -0.750. The largest absolute Gasteiger partial charge is 0.481 e. The third kappa shape index (κ3) is 5.50. The predicted molar refractivity (Wildman–Crippen MR) is 99.2 cm³/mol. The highest BCUT2D eigenvalue weighted by molar-refractivity contribution is 6.30. The fourth-order valence-electron chi connectivity index (χ4n) is 2.16. The van der Waals surface area contributed by atoms with E-state index in [4.69, 9.17) is 16.3 Å². The van der Waals surface area contributed by atoms with Crippen LogP contribution < -0.4 is 15.4 Å². The molecule has 0 fully saturated rings. The van der Waals surface area contributed by atoms with Gasteiger partial charge in [-0.05, 0) is 51.1 Å². The zero-order valence-electron chi connectivity index (χ0n) is 14.4. The highest BCUT2D eigenvalue weighted by atomic mass is 35.5. The zero-order chi connectivity index (χ0) is 18.4. The van der Waals surface area contributed by atoms with Gasteiger partial charge < -0.3 is 15.4 Å². The Bertz CT molecular complexity index is 762. The number of carbonyl (C=O) groups excluding carboxylic acids is 2. The highest BCUT2D eigenvalue weighted by Gasteiger charge is 2.18. The molecule has 0 saturated carbocycles. The van der Waals surface area contributed by atoms with E-state index < -0.39 is 6.10 Å². The molecule has 0 bridgehead atoms. The fraction of sp³-hybridized carbons (Fsp3) is 0.263. The van der Waals surface area contributed by atoms with E-state index in [9.17, 15) is 9.59 Å². The third-order valence-electron chi connectivity index (χ3n) is 3.33. The number of carbonyl (C=O) groups is 2. The van der Waals surface area contributed by atoms with Crippen LogP contribution in [0.3, 0.4) is 0 Å². The minimum atomic E-state index is -0.750. The van der Waals surface area contributed by atoms with Crippen molar-refractivity contribution < 1.29 is 14.3 Å². The molecular weight excluding hydrogens is 340 g/mol. The molecule has 0 radical (unpaired) electrons. The fourth-order valence-corrected chi connectivity index (χ4v) is 2.34. The van der Waals surface area contributed by atoms with Crippen LogP contribution >= 0.6 is 11.6 Å². The maximum atomic E-state index is 12.4. The average molecular weight is 361 g/mol. The molecule has 25 heavy (non-hydrogen) atoms. The van der Waals surface area contributed by atoms with Crippen molar-refractivity contribution >= 4 is 29.1 Å². The summed E-state index contributed by atoms with van der Waals surface area (Å²) >= 11 is 5.91. The molecule has 0 spiro atoms. The summed E-state index contributed by atoms with van der Waals surface area (Å²) in [5.74, 6) is -0.0972. The average Bonchev–Trinajstić information content (AvgIpc) is 2.54. The van der Waals surface area contributed by atoms with Gasteiger partial charge in [-0.15, -0.1) is 0 Å². The van der Waals surface area contributed by atoms with E-state index in [1.807, 2.05) is 13.8 Å². The van der Waals surface area contributed by atoms with Gasteiger partial charge in [0.05, 0.1) is 11.3 Å². The van der Waals surface area contributed by atoms with Crippen molar-refractivity contribution in [3.05, 3.63) is 59.1 Å². The van der Waals surface area contributed by atoms with Crippen LogP contribution in [0, 0.1) is 0 Å². The number of halogens is 1. The number of benzene rings is 2. The number of nitrogens with one attached hydrogen (secondary N) is 2. The molecule has 2 aromatic rings. The second kappa shape index (κ2) is 8.53. The summed E-state index contributed by atoms with van der Waals surface area (Å²) in [5.41, 5.74) is 0.840. The molecule has 0 heterocycles. The number of ether oxygens (including phenoxy) is 1. The minimum Gasteiger partial charge on any atom is -0.481 e. The van der Waals surface area contributed by atoms with Crippen molar-refractivity contribution in [2.45, 2.75) is 32.9 Å². The molecule has 2 rings (SSSR count). The topological polar surface area (TPSA) is 67.4 Å². The van der Waals surface area contributed by atoms with Crippen molar-refractivity contribution in [3.8, 4) is 5.75 Å².